The number of benzene rings is 3. The monoisotopic (exact) mass is 550 g/mol. The first-order valence-electron chi connectivity index (χ1n) is 9.73. The van der Waals surface area contributed by atoms with Gasteiger partial charge in [0, 0.05) is 15.6 Å². The van der Waals surface area contributed by atoms with E-state index in [9.17, 15) is 0 Å². The van der Waals surface area contributed by atoms with Crippen LogP contribution in [0.3, 0.4) is 0 Å². The summed E-state index contributed by atoms with van der Waals surface area (Å²) in [5.41, 5.74) is 4.05. The molecule has 5 aromatic rings. The Morgan fingerprint density at radius 1 is 0.875 bits per heavy atom. The molecule has 0 radical (unpaired) electrons. The van der Waals surface area contributed by atoms with Crippen molar-refractivity contribution in [3.63, 3.8) is 0 Å². The molecule has 0 fully saturated rings. The number of rotatable bonds is 5. The standard InChI is InChI=1S/C25H16Br2N2O3/c1-30-23-9-4-16(12-20(23)27)25-29-21-13-18(7-10-24(21)32-25)28-14-19-8-11-22(31-19)15-2-5-17(26)6-3-15/h2-14H,1H3. The molecule has 0 aliphatic heterocycles. The second-order valence-corrected chi connectivity index (χ2v) is 8.76. The summed E-state index contributed by atoms with van der Waals surface area (Å²) in [6, 6.07) is 23.1. The fraction of sp³-hybridized carbons (Fsp3) is 0.0400. The normalized spacial score (nSPS) is 11.5. The lowest BCUT2D eigenvalue weighted by Crippen LogP contribution is -1.85. The minimum Gasteiger partial charge on any atom is -0.496 e. The van der Waals surface area contributed by atoms with Crippen molar-refractivity contribution in [2.75, 3.05) is 7.11 Å². The second kappa shape index (κ2) is 8.76. The first-order chi connectivity index (χ1) is 15.6. The number of aromatic nitrogens is 1. The van der Waals surface area contributed by atoms with Gasteiger partial charge in [0.05, 0.1) is 23.5 Å². The number of furan rings is 1. The summed E-state index contributed by atoms with van der Waals surface area (Å²) >= 11 is 6.94. The van der Waals surface area contributed by atoms with E-state index in [0.29, 0.717) is 17.2 Å². The summed E-state index contributed by atoms with van der Waals surface area (Å²) in [6.07, 6.45) is 1.70. The zero-order valence-electron chi connectivity index (χ0n) is 16.9. The third-order valence-corrected chi connectivity index (χ3v) is 6.01. The molecule has 7 heteroatoms. The van der Waals surface area contributed by atoms with E-state index in [4.69, 9.17) is 13.6 Å². The van der Waals surface area contributed by atoms with Gasteiger partial charge in [-0.1, -0.05) is 28.1 Å². The Labute approximate surface area is 201 Å². The lowest BCUT2D eigenvalue weighted by atomic mass is 10.2. The highest BCUT2D eigenvalue weighted by molar-refractivity contribution is 9.10. The zero-order chi connectivity index (χ0) is 22.1. The Bertz CT molecular complexity index is 1440. The Morgan fingerprint density at radius 2 is 1.69 bits per heavy atom. The van der Waals surface area contributed by atoms with E-state index < -0.39 is 0 Å². The molecule has 2 aromatic heterocycles. The molecule has 5 nitrogen and oxygen atoms in total. The third-order valence-electron chi connectivity index (χ3n) is 4.87. The average molecular weight is 552 g/mol. The van der Waals surface area contributed by atoms with Crippen molar-refractivity contribution >= 4 is 54.9 Å². The third kappa shape index (κ3) is 4.26. The van der Waals surface area contributed by atoms with Gasteiger partial charge in [0.25, 0.3) is 0 Å². The van der Waals surface area contributed by atoms with Gasteiger partial charge in [0.1, 0.15) is 22.8 Å². The molecule has 0 saturated heterocycles. The molecular weight excluding hydrogens is 536 g/mol. The van der Waals surface area contributed by atoms with Crippen LogP contribution in [0.25, 0.3) is 33.9 Å². The number of halogens is 2. The number of fused-ring (bicyclic) bond motifs is 1. The smallest absolute Gasteiger partial charge is 0.227 e. The topological polar surface area (TPSA) is 60.8 Å². The van der Waals surface area contributed by atoms with Gasteiger partial charge in [0.2, 0.25) is 5.89 Å². The van der Waals surface area contributed by atoms with Crippen LogP contribution in [0.1, 0.15) is 5.76 Å². The van der Waals surface area contributed by atoms with E-state index in [1.165, 1.54) is 0 Å². The van der Waals surface area contributed by atoms with Crippen LogP contribution in [0.5, 0.6) is 5.75 Å². The lowest BCUT2D eigenvalue weighted by Gasteiger charge is -2.03. The summed E-state index contributed by atoms with van der Waals surface area (Å²) < 4.78 is 19.0. The van der Waals surface area contributed by atoms with Crippen LogP contribution in [-0.2, 0) is 0 Å². The molecule has 3 aromatic carbocycles. The van der Waals surface area contributed by atoms with Crippen LogP contribution in [0.15, 0.2) is 95.6 Å². The van der Waals surface area contributed by atoms with Crippen molar-refractivity contribution in [1.29, 1.82) is 0 Å². The first-order valence-corrected chi connectivity index (χ1v) is 11.3. The van der Waals surface area contributed by atoms with Crippen LogP contribution in [0.4, 0.5) is 5.69 Å². The molecule has 0 N–H and O–H groups in total. The van der Waals surface area contributed by atoms with E-state index in [1.54, 1.807) is 13.3 Å². The number of oxazole rings is 1. The summed E-state index contributed by atoms with van der Waals surface area (Å²) in [6.45, 7) is 0. The van der Waals surface area contributed by atoms with Crippen LogP contribution in [0, 0.1) is 0 Å². The molecule has 5 rings (SSSR count). The maximum absolute atomic E-state index is 5.91. The number of nitrogens with zero attached hydrogens (tertiary/aromatic N) is 2. The van der Waals surface area contributed by atoms with Crippen molar-refractivity contribution in [2.24, 2.45) is 4.99 Å². The lowest BCUT2D eigenvalue weighted by molar-refractivity contribution is 0.412. The van der Waals surface area contributed by atoms with Crippen LogP contribution < -0.4 is 4.74 Å². The number of hydrogen-bond acceptors (Lipinski definition) is 5. The fourth-order valence-corrected chi connectivity index (χ4v) is 4.05. The number of aliphatic imine (C=N–C) groups is 1. The molecule has 0 unspecified atom stereocenters. The highest BCUT2D eigenvalue weighted by Gasteiger charge is 2.11. The van der Waals surface area contributed by atoms with E-state index in [0.717, 1.165) is 42.8 Å². The maximum Gasteiger partial charge on any atom is 0.227 e. The molecule has 2 heterocycles. The van der Waals surface area contributed by atoms with Gasteiger partial charge < -0.3 is 13.6 Å². The van der Waals surface area contributed by atoms with Gasteiger partial charge >= 0.3 is 0 Å². The Hall–Kier alpha value is -3.16. The molecule has 0 saturated carbocycles. The van der Waals surface area contributed by atoms with Gasteiger partial charge in [0.15, 0.2) is 5.58 Å². The van der Waals surface area contributed by atoms with E-state index >= 15 is 0 Å². The first kappa shape index (κ1) is 20.7. The molecule has 0 amide bonds. The van der Waals surface area contributed by atoms with Gasteiger partial charge in [-0.2, -0.15) is 0 Å². The summed E-state index contributed by atoms with van der Waals surface area (Å²) in [5, 5.41) is 0. The van der Waals surface area contributed by atoms with Crippen LogP contribution in [-0.4, -0.2) is 18.3 Å². The fourth-order valence-electron chi connectivity index (χ4n) is 3.25. The van der Waals surface area contributed by atoms with Crippen molar-refractivity contribution in [3.05, 3.63) is 87.5 Å². The quantitative estimate of drug-likeness (QED) is 0.207. The van der Waals surface area contributed by atoms with Gasteiger partial charge in [-0.15, -0.1) is 0 Å². The largest absolute Gasteiger partial charge is 0.496 e. The Morgan fingerprint density at radius 3 is 2.47 bits per heavy atom. The van der Waals surface area contributed by atoms with E-state index in [2.05, 4.69) is 41.8 Å². The summed E-state index contributed by atoms with van der Waals surface area (Å²) in [5.74, 6) is 2.76. The highest BCUT2D eigenvalue weighted by atomic mass is 79.9. The maximum atomic E-state index is 5.91. The van der Waals surface area contributed by atoms with Crippen molar-refractivity contribution in [2.45, 2.75) is 0 Å². The molecule has 0 bridgehead atoms. The zero-order valence-corrected chi connectivity index (χ0v) is 20.1. The van der Waals surface area contributed by atoms with Crippen LogP contribution in [0.2, 0.25) is 0 Å². The molecule has 32 heavy (non-hydrogen) atoms. The number of methoxy groups -OCH3 is 1. The molecule has 0 aliphatic rings. The van der Waals surface area contributed by atoms with Crippen molar-refractivity contribution in [1.82, 2.24) is 4.98 Å². The average Bonchev–Trinajstić information content (AvgIpc) is 3.45. The number of hydrogen-bond donors (Lipinski definition) is 0. The molecule has 0 atom stereocenters. The van der Waals surface area contributed by atoms with Gasteiger partial charge in [-0.25, -0.2) is 4.98 Å². The molecule has 158 valence electrons. The predicted octanol–water partition coefficient (Wildman–Crippen LogP) is 8.04. The van der Waals surface area contributed by atoms with Crippen molar-refractivity contribution in [3.8, 4) is 28.5 Å². The van der Waals surface area contributed by atoms with E-state index in [-0.39, 0.29) is 0 Å². The van der Waals surface area contributed by atoms with Gasteiger partial charge in [-0.05, 0) is 76.6 Å². The number of ether oxygens (including phenoxy) is 1. The van der Waals surface area contributed by atoms with E-state index in [1.807, 2.05) is 72.8 Å². The minimum atomic E-state index is 0.537. The highest BCUT2D eigenvalue weighted by Crippen LogP contribution is 2.32. The van der Waals surface area contributed by atoms with Crippen LogP contribution >= 0.6 is 31.9 Å². The summed E-state index contributed by atoms with van der Waals surface area (Å²) in [7, 11) is 1.63. The Balaban J connectivity index is 1.38. The summed E-state index contributed by atoms with van der Waals surface area (Å²) in [4.78, 5) is 9.15. The van der Waals surface area contributed by atoms with Gasteiger partial charge in [-0.3, -0.25) is 4.99 Å². The molecule has 0 spiro atoms. The van der Waals surface area contributed by atoms with Crippen molar-refractivity contribution < 1.29 is 13.6 Å². The molecular formula is C25H16Br2N2O3. The minimum absolute atomic E-state index is 0.537. The predicted molar refractivity (Wildman–Crippen MR) is 133 cm³/mol. The Kier molecular flexibility index (Phi) is 5.68. The SMILES string of the molecule is COc1ccc(-c2nc3cc(N=Cc4ccc(-c5ccc(Br)cc5)o4)ccc3o2)cc1Br. The second-order valence-electron chi connectivity index (χ2n) is 6.99. The molecule has 0 aliphatic carbocycles.